The number of nitrogens with zero attached hydrogens (tertiary/aromatic N) is 2. The number of aromatic nitrogens is 2. The summed E-state index contributed by atoms with van der Waals surface area (Å²) in [6, 6.07) is 10.2. The van der Waals surface area contributed by atoms with E-state index in [1.165, 1.54) is 10.8 Å². The second-order valence-electron chi connectivity index (χ2n) is 4.72. The van der Waals surface area contributed by atoms with Crippen molar-refractivity contribution in [3.8, 4) is 5.75 Å². The summed E-state index contributed by atoms with van der Waals surface area (Å²) in [6.45, 7) is 5.20. The average Bonchev–Trinajstić information content (AvgIpc) is 3.03. The van der Waals surface area contributed by atoms with Crippen LogP contribution in [-0.2, 0) is 0 Å². The molecule has 124 valence electrons. The molecule has 24 heavy (non-hydrogen) atoms. The van der Waals surface area contributed by atoms with E-state index in [1.807, 2.05) is 6.07 Å². The van der Waals surface area contributed by atoms with E-state index in [4.69, 9.17) is 4.74 Å². The lowest BCUT2D eigenvalue weighted by Crippen LogP contribution is -2.17. The molecule has 1 N–H and O–H groups in total. The Morgan fingerprint density at radius 2 is 2.12 bits per heavy atom. The Balaban J connectivity index is 2.09. The van der Waals surface area contributed by atoms with Crippen LogP contribution in [0.1, 0.15) is 13.3 Å². The molecule has 0 aliphatic carbocycles. The second-order valence-corrected chi connectivity index (χ2v) is 4.72. The minimum absolute atomic E-state index is 0.254. The van der Waals surface area contributed by atoms with Crippen molar-refractivity contribution in [2.75, 3.05) is 5.32 Å². The van der Waals surface area contributed by atoms with E-state index in [-0.39, 0.29) is 11.5 Å². The molecule has 1 heterocycles. The first-order chi connectivity index (χ1) is 11.6. The fourth-order valence-corrected chi connectivity index (χ4v) is 1.89. The van der Waals surface area contributed by atoms with Crippen molar-refractivity contribution in [1.29, 1.82) is 0 Å². The molecule has 5 nitrogen and oxygen atoms in total. The molecule has 0 fully saturated rings. The van der Waals surface area contributed by atoms with Crippen molar-refractivity contribution >= 4 is 17.6 Å². The normalized spacial score (nSPS) is 11.9. The summed E-state index contributed by atoms with van der Waals surface area (Å²) in [5, 5.41) is 6.63. The summed E-state index contributed by atoms with van der Waals surface area (Å²) in [6.07, 6.45) is 6.03. The Hall–Kier alpha value is -3.15. The fourth-order valence-electron chi connectivity index (χ4n) is 1.89. The number of amides is 1. The fraction of sp³-hybridized carbons (Fsp3) is 0.111. The lowest BCUT2D eigenvalue weighted by molar-refractivity contribution is 0.215. The highest BCUT2D eigenvalue weighted by Gasteiger charge is 2.11. The van der Waals surface area contributed by atoms with Crippen LogP contribution < -0.4 is 10.1 Å². The number of hydrogen-bond acceptors (Lipinski definition) is 3. The maximum absolute atomic E-state index is 14.0. The van der Waals surface area contributed by atoms with Gasteiger partial charge in [-0.2, -0.15) is 0 Å². The predicted octanol–water partition coefficient (Wildman–Crippen LogP) is 4.78. The number of nitrogens with one attached hydrogen (secondary N) is 1. The molecule has 0 bridgehead atoms. The zero-order valence-corrected chi connectivity index (χ0v) is 13.3. The van der Waals surface area contributed by atoms with Crippen LogP contribution in [0, 0.1) is 0 Å². The van der Waals surface area contributed by atoms with E-state index in [9.17, 15) is 9.18 Å². The number of halogens is 1. The van der Waals surface area contributed by atoms with Crippen LogP contribution >= 0.6 is 0 Å². The Kier molecular flexibility index (Phi) is 6.08. The summed E-state index contributed by atoms with van der Waals surface area (Å²) in [5.74, 6) is 0.253. The van der Waals surface area contributed by atoms with Gasteiger partial charge >= 0.3 is 6.09 Å². The van der Waals surface area contributed by atoms with Gasteiger partial charge in [0.2, 0.25) is 0 Å². The van der Waals surface area contributed by atoms with Crippen molar-refractivity contribution in [3.63, 3.8) is 0 Å². The predicted molar refractivity (Wildman–Crippen MR) is 92.3 cm³/mol. The van der Waals surface area contributed by atoms with Crippen molar-refractivity contribution in [1.82, 2.24) is 9.78 Å². The Labute approximate surface area is 139 Å². The summed E-state index contributed by atoms with van der Waals surface area (Å²) in [4.78, 5) is 11.8. The smallest absolute Gasteiger partial charge is 0.410 e. The van der Waals surface area contributed by atoms with Crippen LogP contribution in [0.15, 0.2) is 73.2 Å². The van der Waals surface area contributed by atoms with Gasteiger partial charge in [0.05, 0.1) is 5.70 Å². The van der Waals surface area contributed by atoms with Crippen molar-refractivity contribution < 1.29 is 13.9 Å². The molecule has 0 aliphatic heterocycles. The number of rotatable bonds is 6. The molecule has 0 saturated heterocycles. The van der Waals surface area contributed by atoms with Gasteiger partial charge in [0.1, 0.15) is 11.6 Å². The molecule has 0 aliphatic rings. The third-order valence-electron chi connectivity index (χ3n) is 3.00. The van der Waals surface area contributed by atoms with Crippen LogP contribution in [0.3, 0.4) is 0 Å². The van der Waals surface area contributed by atoms with Gasteiger partial charge < -0.3 is 4.74 Å². The lowest BCUT2D eigenvalue weighted by Gasteiger charge is -2.06. The number of ether oxygens (including phenoxy) is 1. The standard InChI is InChI=1S/C18H18FN3O2/c1-3-5-11-16(15(19)4-2)22-13-12-17(21-22)20-18(23)24-14-9-7-6-8-10-14/h3-4,6-13H,1,5H2,2H3,(H,20,21,23)/b15-4+,16-11?. The average molecular weight is 327 g/mol. The van der Waals surface area contributed by atoms with Gasteiger partial charge in [0.15, 0.2) is 5.82 Å². The van der Waals surface area contributed by atoms with E-state index < -0.39 is 11.9 Å². The number of anilines is 1. The van der Waals surface area contributed by atoms with Gasteiger partial charge in [-0.1, -0.05) is 30.4 Å². The highest BCUT2D eigenvalue weighted by atomic mass is 19.1. The van der Waals surface area contributed by atoms with E-state index in [0.29, 0.717) is 12.2 Å². The lowest BCUT2D eigenvalue weighted by atomic mass is 10.3. The third kappa shape index (κ3) is 4.67. The molecule has 1 aromatic heterocycles. The number of para-hydroxylation sites is 1. The Morgan fingerprint density at radius 3 is 2.79 bits per heavy atom. The summed E-state index contributed by atoms with van der Waals surface area (Å²) >= 11 is 0. The van der Waals surface area contributed by atoms with Gasteiger partial charge in [0, 0.05) is 12.3 Å². The van der Waals surface area contributed by atoms with Crippen LogP contribution in [0.2, 0.25) is 0 Å². The Bertz CT molecular complexity index is 764. The first-order valence-corrected chi connectivity index (χ1v) is 7.37. The first-order valence-electron chi connectivity index (χ1n) is 7.37. The molecule has 6 heteroatoms. The van der Waals surface area contributed by atoms with E-state index in [2.05, 4.69) is 17.0 Å². The first kappa shape index (κ1) is 17.2. The molecular formula is C18H18FN3O2. The highest BCUT2D eigenvalue weighted by molar-refractivity contribution is 5.85. The van der Waals surface area contributed by atoms with Crippen molar-refractivity contribution in [2.45, 2.75) is 13.3 Å². The molecule has 1 amide bonds. The number of carbonyl (C=O) groups excluding carboxylic acids is 1. The SMILES string of the molecule is C=CCC=C(/C(F)=C\C)n1ccc(NC(=O)Oc2ccccc2)n1. The summed E-state index contributed by atoms with van der Waals surface area (Å²) < 4.78 is 20.4. The van der Waals surface area contributed by atoms with Gasteiger partial charge in [-0.15, -0.1) is 11.7 Å². The number of benzene rings is 1. The van der Waals surface area contributed by atoms with Crippen molar-refractivity contribution in [2.24, 2.45) is 0 Å². The van der Waals surface area contributed by atoms with E-state index >= 15 is 0 Å². The molecule has 0 saturated carbocycles. The molecule has 0 radical (unpaired) electrons. The summed E-state index contributed by atoms with van der Waals surface area (Å²) in [7, 11) is 0. The zero-order valence-electron chi connectivity index (χ0n) is 13.3. The molecule has 2 rings (SSSR count). The minimum Gasteiger partial charge on any atom is -0.410 e. The van der Waals surface area contributed by atoms with Crippen LogP contribution in [0.25, 0.3) is 5.70 Å². The zero-order chi connectivity index (χ0) is 17.4. The van der Waals surface area contributed by atoms with Gasteiger partial charge in [-0.25, -0.2) is 13.9 Å². The molecular weight excluding hydrogens is 309 g/mol. The molecule has 1 aromatic carbocycles. The van der Waals surface area contributed by atoms with Crippen molar-refractivity contribution in [3.05, 3.63) is 73.2 Å². The van der Waals surface area contributed by atoms with Gasteiger partial charge in [-0.05, 0) is 31.6 Å². The van der Waals surface area contributed by atoms with Gasteiger partial charge in [0.25, 0.3) is 0 Å². The maximum Gasteiger partial charge on any atom is 0.418 e. The minimum atomic E-state index is -0.672. The van der Waals surface area contributed by atoms with Crippen LogP contribution in [0.4, 0.5) is 15.0 Å². The van der Waals surface area contributed by atoms with Crippen LogP contribution in [0.5, 0.6) is 5.75 Å². The number of hydrogen-bond donors (Lipinski definition) is 1. The highest BCUT2D eigenvalue weighted by Crippen LogP contribution is 2.19. The maximum atomic E-state index is 14.0. The van der Waals surface area contributed by atoms with Gasteiger partial charge in [-0.3, -0.25) is 5.32 Å². The molecule has 0 unspecified atom stereocenters. The topological polar surface area (TPSA) is 56.2 Å². The largest absolute Gasteiger partial charge is 0.418 e. The molecule has 2 aromatic rings. The van der Waals surface area contributed by atoms with E-state index in [0.717, 1.165) is 0 Å². The number of allylic oxidation sites excluding steroid dienone is 5. The van der Waals surface area contributed by atoms with E-state index in [1.54, 1.807) is 55.6 Å². The third-order valence-corrected chi connectivity index (χ3v) is 3.00. The molecule has 0 spiro atoms. The molecule has 0 atom stereocenters. The monoisotopic (exact) mass is 327 g/mol. The summed E-state index contributed by atoms with van der Waals surface area (Å²) in [5.41, 5.74) is 0.280. The Morgan fingerprint density at radius 1 is 1.38 bits per heavy atom. The second kappa shape index (κ2) is 8.47. The van der Waals surface area contributed by atoms with Crippen LogP contribution in [-0.4, -0.2) is 15.9 Å². The quantitative estimate of drug-likeness (QED) is 0.613. The number of carbonyl (C=O) groups is 1.